The minimum atomic E-state index is -0.406. The van der Waals surface area contributed by atoms with Gasteiger partial charge in [0, 0.05) is 24.3 Å². The lowest BCUT2D eigenvalue weighted by molar-refractivity contribution is -0.129. The molecular formula is C31H36N2O4. The summed E-state index contributed by atoms with van der Waals surface area (Å²) in [4.78, 5) is 13.2. The van der Waals surface area contributed by atoms with Crippen LogP contribution in [0.1, 0.15) is 54.8 Å². The molecule has 3 N–H and O–H groups in total. The Bertz CT molecular complexity index is 1220. The summed E-state index contributed by atoms with van der Waals surface area (Å²) in [6.45, 7) is 3.12. The Morgan fingerprint density at radius 3 is 2.62 bits per heavy atom. The smallest absolute Gasteiger partial charge is 0.293 e. The van der Waals surface area contributed by atoms with Gasteiger partial charge in [0.05, 0.1) is 12.6 Å². The van der Waals surface area contributed by atoms with Gasteiger partial charge >= 0.3 is 0 Å². The lowest BCUT2D eigenvalue weighted by Gasteiger charge is -2.25. The molecule has 194 valence electrons. The standard InChI is InChI=1S/C31H36N2O4/c32-29(18-34)25-8-5-7-24(16-25)27-14-23(19-37-30-9-2-1-6-26(30)20-36-22-35)15-28(17-27)33-13-12-31(21-33)10-3-4-11-31/h1-2,5-9,14-17,22,29,34H,3-4,10-13,18-21,32H2/t29-/m1/s1. The second kappa shape index (κ2) is 11.4. The fourth-order valence-corrected chi connectivity index (χ4v) is 5.90. The topological polar surface area (TPSA) is 85.0 Å². The number of ether oxygens (including phenoxy) is 2. The molecule has 37 heavy (non-hydrogen) atoms. The minimum absolute atomic E-state index is 0.0916. The second-order valence-corrected chi connectivity index (χ2v) is 10.5. The molecule has 0 radical (unpaired) electrons. The predicted molar refractivity (Wildman–Crippen MR) is 145 cm³/mol. The third kappa shape index (κ3) is 5.81. The van der Waals surface area contributed by atoms with E-state index < -0.39 is 6.04 Å². The minimum Gasteiger partial charge on any atom is -0.488 e. The molecule has 1 saturated carbocycles. The van der Waals surface area contributed by atoms with E-state index in [4.69, 9.17) is 15.2 Å². The van der Waals surface area contributed by atoms with Crippen molar-refractivity contribution in [2.75, 3.05) is 24.6 Å². The monoisotopic (exact) mass is 500 g/mol. The number of rotatable bonds is 10. The van der Waals surface area contributed by atoms with E-state index in [1.54, 1.807) is 0 Å². The summed E-state index contributed by atoms with van der Waals surface area (Å²) in [6.07, 6.45) is 6.62. The van der Waals surface area contributed by atoms with E-state index >= 15 is 0 Å². The maximum absolute atomic E-state index is 10.7. The maximum Gasteiger partial charge on any atom is 0.293 e. The molecular weight excluding hydrogens is 464 g/mol. The number of para-hydroxylation sites is 1. The number of aliphatic hydroxyl groups excluding tert-OH is 1. The molecule has 6 nitrogen and oxygen atoms in total. The van der Waals surface area contributed by atoms with Gasteiger partial charge in [0.25, 0.3) is 6.47 Å². The molecule has 1 saturated heterocycles. The summed E-state index contributed by atoms with van der Waals surface area (Å²) in [7, 11) is 0. The number of hydrogen-bond donors (Lipinski definition) is 2. The van der Waals surface area contributed by atoms with Crippen molar-refractivity contribution in [3.63, 3.8) is 0 Å². The summed E-state index contributed by atoms with van der Waals surface area (Å²) in [6, 6.07) is 22.0. The zero-order valence-electron chi connectivity index (χ0n) is 21.3. The van der Waals surface area contributed by atoms with Gasteiger partial charge in [0.1, 0.15) is 19.0 Å². The molecule has 0 amide bonds. The highest BCUT2D eigenvalue weighted by Gasteiger charge is 2.40. The number of nitrogens with zero attached hydrogens (tertiary/aromatic N) is 1. The highest BCUT2D eigenvalue weighted by molar-refractivity contribution is 5.71. The van der Waals surface area contributed by atoms with Crippen molar-refractivity contribution in [2.24, 2.45) is 11.1 Å². The first kappa shape index (κ1) is 25.3. The van der Waals surface area contributed by atoms with Crippen molar-refractivity contribution in [3.8, 4) is 16.9 Å². The van der Waals surface area contributed by atoms with Gasteiger partial charge in [-0.1, -0.05) is 49.2 Å². The molecule has 2 fully saturated rings. The van der Waals surface area contributed by atoms with Crippen LogP contribution in [-0.2, 0) is 22.7 Å². The summed E-state index contributed by atoms with van der Waals surface area (Å²) >= 11 is 0. The van der Waals surface area contributed by atoms with Crippen LogP contribution in [0.15, 0.2) is 66.7 Å². The van der Waals surface area contributed by atoms with Crippen LogP contribution in [0.5, 0.6) is 5.75 Å². The molecule has 0 unspecified atom stereocenters. The van der Waals surface area contributed by atoms with Crippen LogP contribution in [0.2, 0.25) is 0 Å². The Balaban J connectivity index is 1.45. The van der Waals surface area contributed by atoms with Crippen molar-refractivity contribution in [3.05, 3.63) is 83.4 Å². The first-order valence-corrected chi connectivity index (χ1v) is 13.2. The summed E-state index contributed by atoms with van der Waals surface area (Å²) in [5.41, 5.74) is 12.8. The Morgan fingerprint density at radius 2 is 1.81 bits per heavy atom. The highest BCUT2D eigenvalue weighted by atomic mass is 16.5. The molecule has 1 aliphatic heterocycles. The first-order valence-electron chi connectivity index (χ1n) is 13.2. The summed E-state index contributed by atoms with van der Waals surface area (Å²) in [5, 5.41) is 9.56. The number of carbonyl (C=O) groups excluding carboxylic acids is 1. The van der Waals surface area contributed by atoms with Crippen LogP contribution < -0.4 is 15.4 Å². The molecule has 1 heterocycles. The molecule has 1 spiro atoms. The zero-order valence-corrected chi connectivity index (χ0v) is 21.3. The highest BCUT2D eigenvalue weighted by Crippen LogP contribution is 2.46. The SMILES string of the molecule is N[C@H](CO)c1cccc(-c2cc(COc3ccccc3COC=O)cc(N3CCC4(CCCC4)C3)c2)c1. The Kier molecular flexibility index (Phi) is 7.77. The van der Waals surface area contributed by atoms with E-state index in [-0.39, 0.29) is 13.2 Å². The molecule has 1 aliphatic carbocycles. The van der Waals surface area contributed by atoms with Gasteiger partial charge in [0.15, 0.2) is 0 Å². The first-order chi connectivity index (χ1) is 18.1. The second-order valence-electron chi connectivity index (χ2n) is 10.5. The van der Waals surface area contributed by atoms with Gasteiger partial charge in [-0.25, -0.2) is 0 Å². The van der Waals surface area contributed by atoms with Crippen molar-refractivity contribution in [1.82, 2.24) is 0 Å². The number of benzene rings is 3. The number of hydrogen-bond acceptors (Lipinski definition) is 6. The van der Waals surface area contributed by atoms with Crippen molar-refractivity contribution in [2.45, 2.75) is 51.4 Å². The largest absolute Gasteiger partial charge is 0.488 e. The molecule has 0 bridgehead atoms. The third-order valence-corrected chi connectivity index (χ3v) is 7.96. The lowest BCUT2D eigenvalue weighted by atomic mass is 9.86. The van der Waals surface area contributed by atoms with Crippen molar-refractivity contribution in [1.29, 1.82) is 0 Å². The molecule has 0 aromatic heterocycles. The lowest BCUT2D eigenvalue weighted by Crippen LogP contribution is -2.25. The summed E-state index contributed by atoms with van der Waals surface area (Å²) < 4.78 is 11.2. The number of aliphatic hydroxyl groups is 1. The Hall–Kier alpha value is -3.35. The van der Waals surface area contributed by atoms with E-state index in [2.05, 4.69) is 35.2 Å². The zero-order chi connectivity index (χ0) is 25.7. The molecule has 3 aromatic carbocycles. The van der Waals surface area contributed by atoms with Crippen LogP contribution in [0.25, 0.3) is 11.1 Å². The molecule has 3 aromatic rings. The number of anilines is 1. The van der Waals surface area contributed by atoms with Gasteiger partial charge in [-0.15, -0.1) is 0 Å². The van der Waals surface area contributed by atoms with Crippen LogP contribution in [0.4, 0.5) is 5.69 Å². The van der Waals surface area contributed by atoms with Crippen LogP contribution in [0, 0.1) is 5.41 Å². The van der Waals surface area contributed by atoms with Gasteiger partial charge in [-0.2, -0.15) is 0 Å². The van der Waals surface area contributed by atoms with Crippen molar-refractivity contribution >= 4 is 12.2 Å². The molecule has 1 atom stereocenters. The third-order valence-electron chi connectivity index (χ3n) is 7.96. The maximum atomic E-state index is 10.7. The summed E-state index contributed by atoms with van der Waals surface area (Å²) in [5.74, 6) is 0.707. The van der Waals surface area contributed by atoms with Crippen LogP contribution in [0.3, 0.4) is 0 Å². The van der Waals surface area contributed by atoms with E-state index in [9.17, 15) is 9.90 Å². The predicted octanol–water partition coefficient (Wildman–Crippen LogP) is 5.37. The van der Waals surface area contributed by atoms with E-state index in [0.717, 1.165) is 40.9 Å². The van der Waals surface area contributed by atoms with Crippen LogP contribution >= 0.6 is 0 Å². The van der Waals surface area contributed by atoms with Gasteiger partial charge in [-0.05, 0) is 77.3 Å². The fourth-order valence-electron chi connectivity index (χ4n) is 5.90. The Labute approximate surface area is 219 Å². The normalized spacial score (nSPS) is 17.2. The average Bonchev–Trinajstić information content (AvgIpc) is 3.60. The Morgan fingerprint density at radius 1 is 0.973 bits per heavy atom. The average molecular weight is 501 g/mol. The number of nitrogens with two attached hydrogens (primary N) is 1. The molecule has 5 rings (SSSR count). The van der Waals surface area contributed by atoms with E-state index in [0.29, 0.717) is 24.2 Å². The van der Waals surface area contributed by atoms with Crippen LogP contribution in [-0.4, -0.2) is 31.3 Å². The molecule has 6 heteroatoms. The fraction of sp³-hybridized carbons (Fsp3) is 0.387. The van der Waals surface area contributed by atoms with Gasteiger partial charge < -0.3 is 25.2 Å². The number of carbonyl (C=O) groups is 1. The van der Waals surface area contributed by atoms with E-state index in [1.165, 1.54) is 37.8 Å². The van der Waals surface area contributed by atoms with Gasteiger partial charge in [0.2, 0.25) is 0 Å². The van der Waals surface area contributed by atoms with Crippen molar-refractivity contribution < 1.29 is 19.4 Å². The quantitative estimate of drug-likeness (QED) is 0.364. The van der Waals surface area contributed by atoms with E-state index in [1.807, 2.05) is 36.4 Å². The molecule has 2 aliphatic rings. The van der Waals surface area contributed by atoms with Gasteiger partial charge in [-0.3, -0.25) is 4.79 Å².